The van der Waals surface area contributed by atoms with Gasteiger partial charge in [-0.15, -0.1) is 11.3 Å². The molecule has 3 heterocycles. The largest absolute Gasteiger partial charge is 0.339 e. The summed E-state index contributed by atoms with van der Waals surface area (Å²) in [5.41, 5.74) is 3.25. The van der Waals surface area contributed by atoms with E-state index < -0.39 is 0 Å². The van der Waals surface area contributed by atoms with E-state index in [9.17, 15) is 9.59 Å². The Hall–Kier alpha value is -2.21. The van der Waals surface area contributed by atoms with E-state index in [1.165, 1.54) is 16.9 Å². The van der Waals surface area contributed by atoms with Gasteiger partial charge in [0, 0.05) is 37.9 Å². The summed E-state index contributed by atoms with van der Waals surface area (Å²) in [5, 5.41) is 1.80. The van der Waals surface area contributed by atoms with E-state index in [0.29, 0.717) is 25.2 Å². The SMILES string of the molecule is CN1C(=O)CC(c2ccccc2)C12CCN(C(=O)c1cscn1)CC2. The van der Waals surface area contributed by atoms with Crippen LogP contribution in [0.5, 0.6) is 0 Å². The third-order valence-corrected chi connectivity index (χ3v) is 6.43. The molecule has 0 bridgehead atoms. The molecule has 1 aromatic carbocycles. The Balaban J connectivity index is 1.57. The molecular formula is C19H21N3O2S. The molecule has 1 spiro atoms. The van der Waals surface area contributed by atoms with Gasteiger partial charge in [-0.1, -0.05) is 30.3 Å². The minimum atomic E-state index is -0.183. The Labute approximate surface area is 151 Å². The first kappa shape index (κ1) is 16.3. The number of thiazole rings is 1. The van der Waals surface area contributed by atoms with Crippen molar-refractivity contribution in [1.29, 1.82) is 0 Å². The minimum Gasteiger partial charge on any atom is -0.339 e. The zero-order valence-electron chi connectivity index (χ0n) is 14.2. The fourth-order valence-corrected chi connectivity index (χ4v) is 4.88. The van der Waals surface area contributed by atoms with Gasteiger partial charge in [0.15, 0.2) is 0 Å². The van der Waals surface area contributed by atoms with Gasteiger partial charge in [0.1, 0.15) is 5.69 Å². The zero-order chi connectivity index (χ0) is 17.4. The summed E-state index contributed by atoms with van der Waals surface area (Å²) in [7, 11) is 1.92. The lowest BCUT2D eigenvalue weighted by molar-refractivity contribution is -0.130. The third-order valence-electron chi connectivity index (χ3n) is 5.84. The normalized spacial score (nSPS) is 22.6. The van der Waals surface area contributed by atoms with Crippen LogP contribution in [0.15, 0.2) is 41.2 Å². The van der Waals surface area contributed by atoms with Crippen molar-refractivity contribution in [3.05, 3.63) is 52.5 Å². The highest BCUT2D eigenvalue weighted by Crippen LogP contribution is 2.48. The fourth-order valence-electron chi connectivity index (χ4n) is 4.36. The summed E-state index contributed by atoms with van der Waals surface area (Å²) < 4.78 is 0. The van der Waals surface area contributed by atoms with Crippen molar-refractivity contribution in [2.75, 3.05) is 20.1 Å². The molecular weight excluding hydrogens is 334 g/mol. The number of piperidine rings is 1. The number of likely N-dealkylation sites (N-methyl/N-ethyl adjacent to an activating group) is 1. The van der Waals surface area contributed by atoms with Crippen LogP contribution in [0.4, 0.5) is 0 Å². The molecule has 2 aromatic rings. The highest BCUT2D eigenvalue weighted by atomic mass is 32.1. The maximum absolute atomic E-state index is 12.6. The van der Waals surface area contributed by atoms with E-state index in [0.717, 1.165) is 12.8 Å². The van der Waals surface area contributed by atoms with Crippen LogP contribution in [-0.2, 0) is 4.79 Å². The number of hydrogen-bond donors (Lipinski definition) is 0. The van der Waals surface area contributed by atoms with Crippen LogP contribution in [0.3, 0.4) is 0 Å². The summed E-state index contributed by atoms with van der Waals surface area (Å²) in [6.45, 7) is 1.33. The van der Waals surface area contributed by atoms with Crippen LogP contribution < -0.4 is 0 Å². The van der Waals surface area contributed by atoms with Crippen molar-refractivity contribution < 1.29 is 9.59 Å². The van der Waals surface area contributed by atoms with Gasteiger partial charge in [-0.3, -0.25) is 9.59 Å². The van der Waals surface area contributed by atoms with E-state index >= 15 is 0 Å². The average Bonchev–Trinajstić information content (AvgIpc) is 3.27. The molecule has 2 aliphatic rings. The molecule has 4 rings (SSSR count). The summed E-state index contributed by atoms with van der Waals surface area (Å²) >= 11 is 1.44. The van der Waals surface area contributed by atoms with Crippen LogP contribution in [0.2, 0.25) is 0 Å². The number of rotatable bonds is 2. The van der Waals surface area contributed by atoms with E-state index in [1.54, 1.807) is 10.9 Å². The molecule has 0 radical (unpaired) electrons. The molecule has 1 unspecified atom stereocenters. The predicted molar refractivity (Wildman–Crippen MR) is 96.6 cm³/mol. The smallest absolute Gasteiger partial charge is 0.273 e. The van der Waals surface area contributed by atoms with Crippen LogP contribution in [0.25, 0.3) is 0 Å². The maximum Gasteiger partial charge on any atom is 0.273 e. The highest BCUT2D eigenvalue weighted by Gasteiger charge is 2.52. The second kappa shape index (κ2) is 6.26. The summed E-state index contributed by atoms with van der Waals surface area (Å²) in [6, 6.07) is 10.3. The van der Waals surface area contributed by atoms with Crippen LogP contribution >= 0.6 is 11.3 Å². The Morgan fingerprint density at radius 3 is 2.60 bits per heavy atom. The monoisotopic (exact) mass is 355 g/mol. The number of aromatic nitrogens is 1. The lowest BCUT2D eigenvalue weighted by Gasteiger charge is -2.46. The standard InChI is InChI=1S/C19H21N3O2S/c1-21-17(23)11-15(14-5-3-2-4-6-14)19(21)7-9-22(10-8-19)18(24)16-12-25-13-20-16/h2-6,12-13,15H,7-11H2,1H3. The van der Waals surface area contributed by atoms with Crippen molar-refractivity contribution in [3.63, 3.8) is 0 Å². The van der Waals surface area contributed by atoms with Crippen molar-refractivity contribution in [2.24, 2.45) is 0 Å². The number of carbonyl (C=O) groups excluding carboxylic acids is 2. The fraction of sp³-hybridized carbons (Fsp3) is 0.421. The first-order chi connectivity index (χ1) is 12.1. The first-order valence-electron chi connectivity index (χ1n) is 8.61. The molecule has 2 fully saturated rings. The third kappa shape index (κ3) is 2.65. The van der Waals surface area contributed by atoms with Crippen LogP contribution in [0.1, 0.15) is 41.2 Å². The number of likely N-dealkylation sites (tertiary alicyclic amines) is 2. The second-order valence-electron chi connectivity index (χ2n) is 6.89. The Bertz CT molecular complexity index is 767. The second-order valence-corrected chi connectivity index (χ2v) is 7.61. The Kier molecular flexibility index (Phi) is 4.07. The van der Waals surface area contributed by atoms with Gasteiger partial charge in [-0.2, -0.15) is 0 Å². The molecule has 130 valence electrons. The maximum atomic E-state index is 12.6. The summed E-state index contributed by atoms with van der Waals surface area (Å²) in [4.78, 5) is 33.0. The van der Waals surface area contributed by atoms with Gasteiger partial charge in [-0.05, 0) is 18.4 Å². The van der Waals surface area contributed by atoms with E-state index in [2.05, 4.69) is 17.1 Å². The molecule has 0 N–H and O–H groups in total. The highest BCUT2D eigenvalue weighted by molar-refractivity contribution is 7.07. The lowest BCUT2D eigenvalue weighted by Crippen LogP contribution is -2.55. The molecule has 0 aliphatic carbocycles. The minimum absolute atomic E-state index is 0.000613. The van der Waals surface area contributed by atoms with Gasteiger partial charge in [-0.25, -0.2) is 4.98 Å². The molecule has 1 atom stereocenters. The number of nitrogens with zero attached hydrogens (tertiary/aromatic N) is 3. The summed E-state index contributed by atoms with van der Waals surface area (Å²) in [5.74, 6) is 0.398. The number of benzene rings is 1. The molecule has 6 heteroatoms. The van der Waals surface area contributed by atoms with Crippen molar-refractivity contribution in [3.8, 4) is 0 Å². The van der Waals surface area contributed by atoms with Gasteiger partial charge in [0.2, 0.25) is 5.91 Å². The van der Waals surface area contributed by atoms with Crippen molar-refractivity contribution in [1.82, 2.24) is 14.8 Å². The van der Waals surface area contributed by atoms with E-state index in [1.807, 2.05) is 35.0 Å². The molecule has 1 aromatic heterocycles. The lowest BCUT2D eigenvalue weighted by atomic mass is 9.73. The molecule has 2 aliphatic heterocycles. The number of amides is 2. The number of hydrogen-bond acceptors (Lipinski definition) is 4. The Morgan fingerprint density at radius 1 is 1.24 bits per heavy atom. The van der Waals surface area contributed by atoms with Crippen LogP contribution in [0, 0.1) is 0 Å². The summed E-state index contributed by atoms with van der Waals surface area (Å²) in [6.07, 6.45) is 2.18. The van der Waals surface area contributed by atoms with Gasteiger partial charge in [0.05, 0.1) is 11.0 Å². The van der Waals surface area contributed by atoms with Crippen molar-refractivity contribution >= 4 is 23.2 Å². The van der Waals surface area contributed by atoms with Gasteiger partial charge in [0.25, 0.3) is 5.91 Å². The molecule has 5 nitrogen and oxygen atoms in total. The topological polar surface area (TPSA) is 53.5 Å². The zero-order valence-corrected chi connectivity index (χ0v) is 15.0. The number of carbonyl (C=O) groups is 2. The molecule has 0 saturated carbocycles. The van der Waals surface area contributed by atoms with E-state index in [-0.39, 0.29) is 23.3 Å². The van der Waals surface area contributed by atoms with Gasteiger partial charge < -0.3 is 9.80 Å². The first-order valence-corrected chi connectivity index (χ1v) is 9.55. The van der Waals surface area contributed by atoms with Crippen molar-refractivity contribution in [2.45, 2.75) is 30.7 Å². The quantitative estimate of drug-likeness (QED) is 0.832. The molecule has 25 heavy (non-hydrogen) atoms. The van der Waals surface area contributed by atoms with Crippen LogP contribution in [-0.4, -0.2) is 52.3 Å². The average molecular weight is 355 g/mol. The van der Waals surface area contributed by atoms with Gasteiger partial charge >= 0.3 is 0 Å². The molecule has 2 amide bonds. The Morgan fingerprint density at radius 2 is 1.96 bits per heavy atom. The van der Waals surface area contributed by atoms with E-state index in [4.69, 9.17) is 0 Å². The predicted octanol–water partition coefficient (Wildman–Crippen LogP) is 2.76. The molecule has 2 saturated heterocycles.